The molecule has 2 rings (SSSR count). The van der Waals surface area contributed by atoms with Gasteiger partial charge >= 0.3 is 0 Å². The highest BCUT2D eigenvalue weighted by molar-refractivity contribution is 9.10. The average molecular weight is 270 g/mol. The van der Waals surface area contributed by atoms with Gasteiger partial charge in [0.1, 0.15) is 5.75 Å². The van der Waals surface area contributed by atoms with Crippen molar-refractivity contribution >= 4 is 15.9 Å². The minimum atomic E-state index is 0.0413. The first kappa shape index (κ1) is 11.0. The van der Waals surface area contributed by atoms with Gasteiger partial charge in [0.25, 0.3) is 0 Å². The number of methoxy groups -OCH3 is 1. The van der Waals surface area contributed by atoms with E-state index in [1.165, 1.54) is 11.1 Å². The van der Waals surface area contributed by atoms with Crippen LogP contribution in [0.3, 0.4) is 0 Å². The van der Waals surface area contributed by atoms with E-state index in [1.807, 2.05) is 6.07 Å². The molecule has 0 heterocycles. The molecule has 1 aromatic carbocycles. The zero-order valence-corrected chi connectivity index (χ0v) is 10.7. The van der Waals surface area contributed by atoms with Crippen molar-refractivity contribution in [2.45, 2.75) is 31.7 Å². The maximum Gasteiger partial charge on any atom is 0.133 e. The van der Waals surface area contributed by atoms with Crippen molar-refractivity contribution in [3.05, 3.63) is 27.7 Å². The molecule has 0 amide bonds. The van der Waals surface area contributed by atoms with E-state index < -0.39 is 0 Å². The molecule has 0 atom stereocenters. The van der Waals surface area contributed by atoms with Gasteiger partial charge in [0.05, 0.1) is 11.6 Å². The molecule has 0 spiro atoms. The summed E-state index contributed by atoms with van der Waals surface area (Å²) in [4.78, 5) is 0. The van der Waals surface area contributed by atoms with E-state index in [4.69, 9.17) is 10.5 Å². The standard InChI is InChI=1S/C12H16BrNO/c1-8-3-4-10(15-2)11(13)9(8)7-12(14)5-6-12/h3-4H,5-7,14H2,1-2H3. The Morgan fingerprint density at radius 2 is 2.13 bits per heavy atom. The molecular formula is C12H16BrNO. The average Bonchev–Trinajstić information content (AvgIpc) is 2.92. The maximum atomic E-state index is 6.15. The summed E-state index contributed by atoms with van der Waals surface area (Å²) in [5, 5.41) is 0. The summed E-state index contributed by atoms with van der Waals surface area (Å²) < 4.78 is 6.34. The summed E-state index contributed by atoms with van der Waals surface area (Å²) in [6.07, 6.45) is 3.21. The normalized spacial score (nSPS) is 17.6. The van der Waals surface area contributed by atoms with Crippen molar-refractivity contribution in [1.29, 1.82) is 0 Å². The highest BCUT2D eigenvalue weighted by Gasteiger charge is 2.39. The van der Waals surface area contributed by atoms with E-state index in [1.54, 1.807) is 7.11 Å². The lowest BCUT2D eigenvalue weighted by atomic mass is 10.00. The van der Waals surface area contributed by atoms with E-state index in [2.05, 4.69) is 28.9 Å². The zero-order chi connectivity index (χ0) is 11.1. The maximum absolute atomic E-state index is 6.15. The lowest BCUT2D eigenvalue weighted by molar-refractivity contribution is 0.411. The summed E-state index contributed by atoms with van der Waals surface area (Å²) in [6.45, 7) is 2.12. The number of ether oxygens (including phenoxy) is 1. The summed E-state index contributed by atoms with van der Waals surface area (Å²) in [6, 6.07) is 4.07. The first-order valence-corrected chi connectivity index (χ1v) is 5.96. The number of hydrogen-bond donors (Lipinski definition) is 1. The predicted octanol–water partition coefficient (Wildman–Crippen LogP) is 2.80. The van der Waals surface area contributed by atoms with Crippen LogP contribution < -0.4 is 10.5 Å². The number of rotatable bonds is 3. The van der Waals surface area contributed by atoms with Crippen LogP contribution in [0.5, 0.6) is 5.75 Å². The van der Waals surface area contributed by atoms with Crippen molar-refractivity contribution in [2.24, 2.45) is 5.73 Å². The Morgan fingerprint density at radius 1 is 1.47 bits per heavy atom. The fourth-order valence-electron chi connectivity index (χ4n) is 1.76. The Kier molecular flexibility index (Phi) is 2.77. The lowest BCUT2D eigenvalue weighted by Crippen LogP contribution is -2.25. The zero-order valence-electron chi connectivity index (χ0n) is 9.14. The molecule has 0 saturated heterocycles. The summed E-state index contributed by atoms with van der Waals surface area (Å²) in [5.41, 5.74) is 8.75. The molecule has 1 saturated carbocycles. The van der Waals surface area contributed by atoms with Crippen molar-refractivity contribution in [3.63, 3.8) is 0 Å². The number of hydrogen-bond acceptors (Lipinski definition) is 2. The first-order chi connectivity index (χ1) is 7.06. The summed E-state index contributed by atoms with van der Waals surface area (Å²) in [7, 11) is 1.69. The molecule has 0 aliphatic heterocycles. The second kappa shape index (κ2) is 3.80. The molecule has 0 radical (unpaired) electrons. The van der Waals surface area contributed by atoms with E-state index in [0.29, 0.717) is 0 Å². The van der Waals surface area contributed by atoms with Crippen LogP contribution in [0, 0.1) is 6.92 Å². The van der Waals surface area contributed by atoms with Crippen molar-refractivity contribution in [2.75, 3.05) is 7.11 Å². The first-order valence-electron chi connectivity index (χ1n) is 5.16. The fraction of sp³-hybridized carbons (Fsp3) is 0.500. The Labute approximate surface area is 98.9 Å². The van der Waals surface area contributed by atoms with Crippen LogP contribution in [0.1, 0.15) is 24.0 Å². The van der Waals surface area contributed by atoms with Gasteiger partial charge in [-0.2, -0.15) is 0 Å². The Balaban J connectivity index is 2.35. The second-order valence-electron chi connectivity index (χ2n) is 4.42. The van der Waals surface area contributed by atoms with E-state index in [9.17, 15) is 0 Å². The van der Waals surface area contributed by atoms with Gasteiger partial charge in [0, 0.05) is 5.54 Å². The lowest BCUT2D eigenvalue weighted by Gasteiger charge is -2.15. The van der Waals surface area contributed by atoms with Gasteiger partial charge in [0.15, 0.2) is 0 Å². The quantitative estimate of drug-likeness (QED) is 0.916. The van der Waals surface area contributed by atoms with Crippen molar-refractivity contribution < 1.29 is 4.74 Å². The smallest absolute Gasteiger partial charge is 0.133 e. The Morgan fingerprint density at radius 3 is 2.67 bits per heavy atom. The molecule has 2 nitrogen and oxygen atoms in total. The molecule has 0 unspecified atom stereocenters. The van der Waals surface area contributed by atoms with Crippen molar-refractivity contribution in [1.82, 2.24) is 0 Å². The topological polar surface area (TPSA) is 35.2 Å². The fourth-order valence-corrected chi connectivity index (χ4v) is 2.51. The van der Waals surface area contributed by atoms with Crippen molar-refractivity contribution in [3.8, 4) is 5.75 Å². The summed E-state index contributed by atoms with van der Waals surface area (Å²) in [5.74, 6) is 0.889. The molecule has 1 aromatic rings. The largest absolute Gasteiger partial charge is 0.496 e. The molecule has 82 valence electrons. The third-order valence-corrected chi connectivity index (χ3v) is 3.95. The highest BCUT2D eigenvalue weighted by atomic mass is 79.9. The van der Waals surface area contributed by atoms with Crippen LogP contribution in [0.4, 0.5) is 0 Å². The monoisotopic (exact) mass is 269 g/mol. The van der Waals surface area contributed by atoms with E-state index in [-0.39, 0.29) is 5.54 Å². The molecule has 1 fully saturated rings. The van der Waals surface area contributed by atoms with Crippen LogP contribution in [-0.2, 0) is 6.42 Å². The van der Waals surface area contributed by atoms with Gasteiger partial charge in [-0.15, -0.1) is 0 Å². The molecule has 0 bridgehead atoms. The molecule has 1 aliphatic carbocycles. The second-order valence-corrected chi connectivity index (χ2v) is 5.21. The minimum Gasteiger partial charge on any atom is -0.496 e. The third-order valence-electron chi connectivity index (χ3n) is 3.08. The molecule has 0 aromatic heterocycles. The number of aryl methyl sites for hydroxylation is 1. The third kappa shape index (κ3) is 2.18. The van der Waals surface area contributed by atoms with Crippen LogP contribution >= 0.6 is 15.9 Å². The molecule has 1 aliphatic rings. The molecule has 2 N–H and O–H groups in total. The van der Waals surface area contributed by atoms with Gasteiger partial charge < -0.3 is 10.5 Å². The number of benzene rings is 1. The van der Waals surface area contributed by atoms with E-state index >= 15 is 0 Å². The number of nitrogens with two attached hydrogens (primary N) is 1. The van der Waals surface area contributed by atoms with Gasteiger partial charge in [-0.25, -0.2) is 0 Å². The van der Waals surface area contributed by atoms with Gasteiger partial charge in [-0.3, -0.25) is 0 Å². The highest BCUT2D eigenvalue weighted by Crippen LogP contribution is 2.40. The van der Waals surface area contributed by atoms with E-state index in [0.717, 1.165) is 29.5 Å². The summed E-state index contributed by atoms with van der Waals surface area (Å²) >= 11 is 3.59. The van der Waals surface area contributed by atoms with Crippen LogP contribution in [-0.4, -0.2) is 12.6 Å². The van der Waals surface area contributed by atoms with Crippen LogP contribution in [0.2, 0.25) is 0 Å². The van der Waals surface area contributed by atoms with Crippen LogP contribution in [0.15, 0.2) is 16.6 Å². The minimum absolute atomic E-state index is 0.0413. The Hall–Kier alpha value is -0.540. The molecule has 15 heavy (non-hydrogen) atoms. The Bertz CT molecular complexity index is 385. The van der Waals surface area contributed by atoms with Gasteiger partial charge in [-0.05, 0) is 59.3 Å². The van der Waals surface area contributed by atoms with Gasteiger partial charge in [-0.1, -0.05) is 6.07 Å². The predicted molar refractivity (Wildman–Crippen MR) is 65.3 cm³/mol. The van der Waals surface area contributed by atoms with Crippen LogP contribution in [0.25, 0.3) is 0 Å². The molecular weight excluding hydrogens is 254 g/mol. The SMILES string of the molecule is COc1ccc(C)c(CC2(N)CC2)c1Br. The molecule has 3 heteroatoms. The van der Waals surface area contributed by atoms with Gasteiger partial charge in [0.2, 0.25) is 0 Å². The number of halogens is 1.